The maximum atomic E-state index is 12.9. The molecule has 0 aliphatic heterocycles. The molecule has 0 heterocycles. The van der Waals surface area contributed by atoms with Crippen LogP contribution in [0.4, 0.5) is 0 Å². The lowest BCUT2D eigenvalue weighted by molar-refractivity contribution is -0.136. The maximum absolute atomic E-state index is 12.9. The van der Waals surface area contributed by atoms with E-state index in [-0.39, 0.29) is 17.5 Å². The van der Waals surface area contributed by atoms with Crippen LogP contribution in [0.1, 0.15) is 41.5 Å². The Morgan fingerprint density at radius 1 is 1.32 bits per heavy atom. The first-order chi connectivity index (χ1) is 8.59. The van der Waals surface area contributed by atoms with Crippen molar-refractivity contribution in [2.24, 2.45) is 16.7 Å². The zero-order chi connectivity index (χ0) is 15.0. The molecule has 104 valence electrons. The molecule has 0 spiro atoms. The first-order valence-electron chi connectivity index (χ1n) is 6.66. The van der Waals surface area contributed by atoms with Crippen LogP contribution in [-0.2, 0) is 9.59 Å². The Bertz CT molecular complexity index is 491. The minimum Gasteiger partial charge on any atom is -0.298 e. The first kappa shape index (κ1) is 15.6. The van der Waals surface area contributed by atoms with Gasteiger partial charge in [0.2, 0.25) is 0 Å². The summed E-state index contributed by atoms with van der Waals surface area (Å²) in [6.45, 7) is 14.9. The Hall–Kier alpha value is -1.44. The second-order valence-electron chi connectivity index (χ2n) is 6.19. The average molecular weight is 260 g/mol. The molecule has 0 N–H and O–H groups in total. The van der Waals surface area contributed by atoms with Crippen LogP contribution >= 0.6 is 0 Å². The summed E-state index contributed by atoms with van der Waals surface area (Å²) in [7, 11) is 0. The Balaban J connectivity index is 3.43. The molecule has 0 aromatic carbocycles. The van der Waals surface area contributed by atoms with Crippen molar-refractivity contribution in [1.29, 1.82) is 0 Å². The van der Waals surface area contributed by atoms with Gasteiger partial charge in [-0.05, 0) is 27.7 Å². The van der Waals surface area contributed by atoms with E-state index in [4.69, 9.17) is 0 Å². The van der Waals surface area contributed by atoms with Crippen molar-refractivity contribution < 1.29 is 9.59 Å². The van der Waals surface area contributed by atoms with Gasteiger partial charge >= 0.3 is 0 Å². The molecule has 0 aromatic rings. The van der Waals surface area contributed by atoms with E-state index < -0.39 is 10.8 Å². The number of carbonyl (C=O) groups excluding carboxylic acids is 2. The standard InChI is InChI=1S/C17H24O2/c1-8-13(12(4)18)17(7)10-9-14(11(2)3)16(5,6)15(17)19/h8-10,14H,2H2,1,3-7H3/b13-8+/t14-,17-/m0/s1. The van der Waals surface area contributed by atoms with Crippen LogP contribution < -0.4 is 0 Å². The smallest absolute Gasteiger partial charge is 0.156 e. The molecule has 2 atom stereocenters. The van der Waals surface area contributed by atoms with Crippen molar-refractivity contribution in [2.45, 2.75) is 41.5 Å². The lowest BCUT2D eigenvalue weighted by Crippen LogP contribution is -2.47. The molecule has 19 heavy (non-hydrogen) atoms. The van der Waals surface area contributed by atoms with Gasteiger partial charge in [-0.2, -0.15) is 0 Å². The van der Waals surface area contributed by atoms with Gasteiger partial charge in [0.15, 0.2) is 11.6 Å². The molecule has 0 fully saturated rings. The molecule has 2 heteroatoms. The molecule has 0 saturated carbocycles. The lowest BCUT2D eigenvalue weighted by atomic mass is 9.58. The van der Waals surface area contributed by atoms with E-state index >= 15 is 0 Å². The SMILES string of the molecule is C=C(C)[C@@H]1C=C[C@@](C)(/C(=C/C)C(C)=O)C(=O)C1(C)C. The normalized spacial score (nSPS) is 30.3. The summed E-state index contributed by atoms with van der Waals surface area (Å²) < 4.78 is 0. The van der Waals surface area contributed by atoms with Crippen molar-refractivity contribution >= 4 is 11.6 Å². The predicted octanol–water partition coefficient (Wildman–Crippen LogP) is 3.89. The van der Waals surface area contributed by atoms with Gasteiger partial charge in [0.05, 0.1) is 5.41 Å². The Morgan fingerprint density at radius 2 is 1.84 bits per heavy atom. The average Bonchev–Trinajstić information content (AvgIpc) is 2.25. The van der Waals surface area contributed by atoms with Crippen molar-refractivity contribution in [3.05, 3.63) is 36.0 Å². The van der Waals surface area contributed by atoms with E-state index in [1.165, 1.54) is 6.92 Å². The van der Waals surface area contributed by atoms with E-state index in [1.807, 2.05) is 39.8 Å². The van der Waals surface area contributed by atoms with Gasteiger partial charge in [-0.3, -0.25) is 9.59 Å². The zero-order valence-electron chi connectivity index (χ0n) is 12.8. The molecule has 0 aromatic heterocycles. The molecule has 2 nitrogen and oxygen atoms in total. The molecule has 1 aliphatic rings. The fourth-order valence-corrected chi connectivity index (χ4v) is 3.28. The van der Waals surface area contributed by atoms with E-state index in [9.17, 15) is 9.59 Å². The summed E-state index contributed by atoms with van der Waals surface area (Å²) in [5.41, 5.74) is 0.179. The number of Topliss-reactive ketones (excluding diaryl/α,β-unsaturated/α-hetero) is 2. The molecular weight excluding hydrogens is 236 g/mol. The Kier molecular flexibility index (Phi) is 4.04. The van der Waals surface area contributed by atoms with Crippen molar-refractivity contribution in [2.75, 3.05) is 0 Å². The van der Waals surface area contributed by atoms with Gasteiger partial charge in [0.25, 0.3) is 0 Å². The molecule has 1 rings (SSSR count). The highest BCUT2D eigenvalue weighted by Gasteiger charge is 2.50. The molecular formula is C17H24O2. The summed E-state index contributed by atoms with van der Waals surface area (Å²) in [4.78, 5) is 24.7. The van der Waals surface area contributed by atoms with Crippen molar-refractivity contribution in [3.63, 3.8) is 0 Å². The van der Waals surface area contributed by atoms with Gasteiger partial charge in [0, 0.05) is 16.9 Å². The second-order valence-corrected chi connectivity index (χ2v) is 6.19. The van der Waals surface area contributed by atoms with Crippen LogP contribution in [0, 0.1) is 16.7 Å². The van der Waals surface area contributed by atoms with Gasteiger partial charge < -0.3 is 0 Å². The quantitative estimate of drug-likeness (QED) is 0.570. The van der Waals surface area contributed by atoms with E-state index in [0.717, 1.165) is 5.57 Å². The number of hydrogen-bond acceptors (Lipinski definition) is 2. The van der Waals surface area contributed by atoms with E-state index in [2.05, 4.69) is 6.58 Å². The van der Waals surface area contributed by atoms with E-state index in [0.29, 0.717) is 5.57 Å². The number of hydrogen-bond donors (Lipinski definition) is 0. The van der Waals surface area contributed by atoms with Crippen molar-refractivity contribution in [1.82, 2.24) is 0 Å². The second kappa shape index (κ2) is 4.92. The van der Waals surface area contributed by atoms with Crippen LogP contribution in [-0.4, -0.2) is 11.6 Å². The maximum Gasteiger partial charge on any atom is 0.156 e. The Labute approximate surface area is 116 Å². The highest BCUT2D eigenvalue weighted by atomic mass is 16.1. The van der Waals surface area contributed by atoms with Gasteiger partial charge in [-0.15, -0.1) is 0 Å². The summed E-state index contributed by atoms with van der Waals surface area (Å²) in [6.07, 6.45) is 5.65. The third kappa shape index (κ3) is 2.36. The first-order valence-corrected chi connectivity index (χ1v) is 6.66. The van der Waals surface area contributed by atoms with Crippen LogP contribution in [0.2, 0.25) is 0 Å². The minimum absolute atomic E-state index is 0.0261. The topological polar surface area (TPSA) is 34.1 Å². The van der Waals surface area contributed by atoms with Crippen LogP contribution in [0.5, 0.6) is 0 Å². The summed E-state index contributed by atoms with van der Waals surface area (Å²) in [6, 6.07) is 0. The fourth-order valence-electron chi connectivity index (χ4n) is 3.28. The zero-order valence-corrected chi connectivity index (χ0v) is 12.8. The monoisotopic (exact) mass is 260 g/mol. The predicted molar refractivity (Wildman–Crippen MR) is 78.8 cm³/mol. The highest BCUT2D eigenvalue weighted by Crippen LogP contribution is 2.47. The number of rotatable bonds is 3. The van der Waals surface area contributed by atoms with Crippen molar-refractivity contribution in [3.8, 4) is 0 Å². The summed E-state index contributed by atoms with van der Waals surface area (Å²) in [5, 5.41) is 0. The Morgan fingerprint density at radius 3 is 2.21 bits per heavy atom. The summed E-state index contributed by atoms with van der Waals surface area (Å²) >= 11 is 0. The number of ketones is 2. The molecule has 0 radical (unpaired) electrons. The third-order valence-electron chi connectivity index (χ3n) is 4.21. The van der Waals surface area contributed by atoms with Crippen LogP contribution in [0.3, 0.4) is 0 Å². The summed E-state index contributed by atoms with van der Waals surface area (Å²) in [5.74, 6) is 0.0597. The van der Waals surface area contributed by atoms with Gasteiger partial charge in [-0.1, -0.05) is 44.2 Å². The minimum atomic E-state index is -0.823. The molecule has 0 saturated heterocycles. The largest absolute Gasteiger partial charge is 0.298 e. The lowest BCUT2D eigenvalue weighted by Gasteiger charge is -2.43. The number of carbonyl (C=O) groups is 2. The van der Waals surface area contributed by atoms with Gasteiger partial charge in [0.1, 0.15) is 0 Å². The van der Waals surface area contributed by atoms with Crippen LogP contribution in [0.15, 0.2) is 36.0 Å². The van der Waals surface area contributed by atoms with Gasteiger partial charge in [-0.25, -0.2) is 0 Å². The molecule has 0 amide bonds. The highest BCUT2D eigenvalue weighted by molar-refractivity contribution is 6.06. The molecule has 0 unspecified atom stereocenters. The fraction of sp³-hybridized carbons (Fsp3) is 0.529. The third-order valence-corrected chi connectivity index (χ3v) is 4.21. The van der Waals surface area contributed by atoms with E-state index in [1.54, 1.807) is 13.0 Å². The number of allylic oxidation sites excluding steroid dienone is 5. The van der Waals surface area contributed by atoms with Crippen LogP contribution in [0.25, 0.3) is 0 Å². The molecule has 0 bridgehead atoms. The molecule has 1 aliphatic carbocycles.